The van der Waals surface area contributed by atoms with Crippen molar-refractivity contribution in [1.29, 1.82) is 0 Å². The molecular formula is C7H8FO+. The first kappa shape index (κ1) is 6.23. The monoisotopic (exact) mass is 127 g/mol. The van der Waals surface area contributed by atoms with Crippen LogP contribution in [0.2, 0.25) is 0 Å². The summed E-state index contributed by atoms with van der Waals surface area (Å²) in [6.07, 6.45) is 0. The van der Waals surface area contributed by atoms with Crippen molar-refractivity contribution in [3.8, 4) is 0 Å². The maximum atomic E-state index is 12.2. The van der Waals surface area contributed by atoms with Crippen molar-refractivity contribution in [3.05, 3.63) is 35.6 Å². The van der Waals surface area contributed by atoms with Gasteiger partial charge in [-0.25, -0.2) is 4.39 Å². The lowest BCUT2D eigenvalue weighted by molar-refractivity contribution is 0.281. The second-order valence-electron chi connectivity index (χ2n) is 1.80. The molecule has 1 aromatic rings. The molecule has 1 aromatic carbocycles. The molecule has 0 unspecified atom stereocenters. The van der Waals surface area contributed by atoms with E-state index in [1.807, 2.05) is 0 Å². The lowest BCUT2D eigenvalue weighted by atomic mass is 10.2. The fourth-order valence-corrected chi connectivity index (χ4v) is 0.602. The van der Waals surface area contributed by atoms with Crippen molar-refractivity contribution >= 4 is 0 Å². The zero-order valence-corrected chi connectivity index (χ0v) is 4.89. The molecule has 0 bridgehead atoms. The van der Waals surface area contributed by atoms with E-state index in [4.69, 9.17) is 5.11 Å². The maximum Gasteiger partial charge on any atom is 0.169 e. The molecule has 1 rings (SSSR count). The third-order valence-electron chi connectivity index (χ3n) is 1.12. The van der Waals surface area contributed by atoms with Gasteiger partial charge in [0, 0.05) is 5.56 Å². The van der Waals surface area contributed by atoms with Crippen LogP contribution in [0.3, 0.4) is 0 Å². The molecule has 1 nitrogen and oxygen atoms in total. The molecule has 0 radical (unpaired) electrons. The topological polar surface area (TPSA) is 22.9 Å². The quantitative estimate of drug-likeness (QED) is 0.503. The first-order valence-corrected chi connectivity index (χ1v) is 2.72. The lowest BCUT2D eigenvalue weighted by Crippen LogP contribution is -1.81. The Hall–Kier alpha value is -0.890. The first-order chi connectivity index (χ1) is 4.33. The van der Waals surface area contributed by atoms with E-state index >= 15 is 0 Å². The van der Waals surface area contributed by atoms with E-state index in [1.165, 1.54) is 12.1 Å². The van der Waals surface area contributed by atoms with Gasteiger partial charge in [0.05, 0.1) is 0 Å². The average Bonchev–Trinajstić information content (AvgIpc) is 1.90. The zero-order valence-electron chi connectivity index (χ0n) is 4.89. The number of halogens is 1. The molecule has 0 aromatic heterocycles. The zero-order chi connectivity index (χ0) is 6.69. The predicted molar refractivity (Wildman–Crippen MR) is 33.7 cm³/mol. The molecule has 0 fully saturated rings. The minimum Gasteiger partial charge on any atom is -0.442 e. The molecule has 0 aliphatic heterocycles. The van der Waals surface area contributed by atoms with E-state index in [1.54, 1.807) is 12.1 Å². The Morgan fingerprint density at radius 3 is 2.22 bits per heavy atom. The van der Waals surface area contributed by atoms with Crippen LogP contribution < -0.4 is 0 Å². The molecule has 0 atom stereocenters. The summed E-state index contributed by atoms with van der Waals surface area (Å²) >= 11 is 0. The van der Waals surface area contributed by atoms with Gasteiger partial charge in [0.25, 0.3) is 0 Å². The highest BCUT2D eigenvalue weighted by Gasteiger charge is 1.90. The molecule has 0 saturated carbocycles. The van der Waals surface area contributed by atoms with Crippen LogP contribution in [0.15, 0.2) is 24.3 Å². The number of hydrogen-bond donors (Lipinski definition) is 0. The van der Waals surface area contributed by atoms with E-state index in [9.17, 15) is 4.39 Å². The van der Waals surface area contributed by atoms with Crippen LogP contribution in [-0.2, 0) is 6.61 Å². The summed E-state index contributed by atoms with van der Waals surface area (Å²) in [7, 11) is 0. The smallest absolute Gasteiger partial charge is 0.169 e. The van der Waals surface area contributed by atoms with Gasteiger partial charge in [-0.05, 0) is 24.3 Å². The molecule has 0 aliphatic rings. The van der Waals surface area contributed by atoms with E-state index in [2.05, 4.69) is 0 Å². The second-order valence-corrected chi connectivity index (χ2v) is 1.80. The molecule has 0 spiro atoms. The highest BCUT2D eigenvalue weighted by Crippen LogP contribution is 2.00. The van der Waals surface area contributed by atoms with Crippen molar-refractivity contribution in [2.24, 2.45) is 0 Å². The second kappa shape index (κ2) is 2.60. The Bertz CT molecular complexity index is 181. The van der Waals surface area contributed by atoms with E-state index < -0.39 is 0 Å². The molecule has 48 valence electrons. The highest BCUT2D eigenvalue weighted by molar-refractivity contribution is 5.14. The van der Waals surface area contributed by atoms with Crippen molar-refractivity contribution < 1.29 is 9.50 Å². The SMILES string of the molecule is [OH2+]Cc1ccc(F)cc1. The third-order valence-corrected chi connectivity index (χ3v) is 1.12. The molecule has 2 N–H and O–H groups in total. The van der Waals surface area contributed by atoms with Gasteiger partial charge in [0.2, 0.25) is 0 Å². The van der Waals surface area contributed by atoms with Gasteiger partial charge < -0.3 is 5.11 Å². The molecule has 0 saturated heterocycles. The van der Waals surface area contributed by atoms with Crippen LogP contribution in [0, 0.1) is 5.82 Å². The number of hydrogen-bond acceptors (Lipinski definition) is 0. The summed E-state index contributed by atoms with van der Waals surface area (Å²) in [5, 5.41) is 6.89. The summed E-state index contributed by atoms with van der Waals surface area (Å²) in [4.78, 5) is 0. The fraction of sp³-hybridized carbons (Fsp3) is 0.143. The molecule has 0 amide bonds. The van der Waals surface area contributed by atoms with Crippen LogP contribution >= 0.6 is 0 Å². The Balaban J connectivity index is 2.88. The van der Waals surface area contributed by atoms with Crippen LogP contribution in [-0.4, -0.2) is 5.11 Å². The number of benzene rings is 1. The first-order valence-electron chi connectivity index (χ1n) is 2.72. The third kappa shape index (κ3) is 1.50. The normalized spacial score (nSPS) is 9.56. The minimum atomic E-state index is -0.243. The molecular weight excluding hydrogens is 119 g/mol. The maximum absolute atomic E-state index is 12.2. The van der Waals surface area contributed by atoms with E-state index in [-0.39, 0.29) is 12.4 Å². The number of rotatable bonds is 1. The Labute approximate surface area is 52.8 Å². The van der Waals surface area contributed by atoms with Gasteiger partial charge in [-0.1, -0.05) is 0 Å². The van der Waals surface area contributed by atoms with Gasteiger partial charge in [-0.2, -0.15) is 0 Å². The van der Waals surface area contributed by atoms with Crippen LogP contribution in [0.5, 0.6) is 0 Å². The summed E-state index contributed by atoms with van der Waals surface area (Å²) in [6, 6.07) is 5.96. The van der Waals surface area contributed by atoms with Crippen LogP contribution in [0.4, 0.5) is 4.39 Å². The molecule has 0 aliphatic carbocycles. The van der Waals surface area contributed by atoms with Gasteiger partial charge in [-0.3, -0.25) is 0 Å². The summed E-state index contributed by atoms with van der Waals surface area (Å²) < 4.78 is 12.2. The Kier molecular flexibility index (Phi) is 1.80. The standard InChI is InChI=1S/C7H7FO/c8-7-3-1-6(5-9)2-4-7/h1-4,9H,5H2/p+1. The van der Waals surface area contributed by atoms with Crippen LogP contribution in [0.1, 0.15) is 5.56 Å². The van der Waals surface area contributed by atoms with Crippen molar-refractivity contribution in [3.63, 3.8) is 0 Å². The molecule has 0 heterocycles. The van der Waals surface area contributed by atoms with Gasteiger partial charge >= 0.3 is 0 Å². The van der Waals surface area contributed by atoms with E-state index in [0.717, 1.165) is 5.56 Å². The van der Waals surface area contributed by atoms with Crippen molar-refractivity contribution in [2.45, 2.75) is 6.61 Å². The fourth-order valence-electron chi connectivity index (χ4n) is 0.602. The Morgan fingerprint density at radius 1 is 1.22 bits per heavy atom. The highest BCUT2D eigenvalue weighted by atomic mass is 19.1. The van der Waals surface area contributed by atoms with Gasteiger partial charge in [-0.15, -0.1) is 0 Å². The van der Waals surface area contributed by atoms with Crippen LogP contribution in [0.25, 0.3) is 0 Å². The van der Waals surface area contributed by atoms with Crippen molar-refractivity contribution in [2.75, 3.05) is 0 Å². The molecule has 9 heavy (non-hydrogen) atoms. The Morgan fingerprint density at radius 2 is 1.78 bits per heavy atom. The predicted octanol–water partition coefficient (Wildman–Crippen LogP) is 1.05. The largest absolute Gasteiger partial charge is 0.442 e. The van der Waals surface area contributed by atoms with Gasteiger partial charge in [0.15, 0.2) is 6.61 Å². The molecule has 2 heteroatoms. The summed E-state index contributed by atoms with van der Waals surface area (Å²) in [5.41, 5.74) is 0.844. The van der Waals surface area contributed by atoms with E-state index in [0.29, 0.717) is 0 Å². The average molecular weight is 127 g/mol. The van der Waals surface area contributed by atoms with Gasteiger partial charge in [0.1, 0.15) is 5.82 Å². The van der Waals surface area contributed by atoms with Crippen molar-refractivity contribution in [1.82, 2.24) is 0 Å². The summed E-state index contributed by atoms with van der Waals surface area (Å²) in [5.74, 6) is -0.243. The minimum absolute atomic E-state index is 0.222. The lowest BCUT2D eigenvalue weighted by Gasteiger charge is -1.89. The summed E-state index contributed by atoms with van der Waals surface area (Å²) in [6.45, 7) is 0.222.